The Morgan fingerprint density at radius 2 is 1.88 bits per heavy atom. The topological polar surface area (TPSA) is 111 Å². The molecule has 0 radical (unpaired) electrons. The van der Waals surface area contributed by atoms with Crippen molar-refractivity contribution in [1.29, 1.82) is 0 Å². The summed E-state index contributed by atoms with van der Waals surface area (Å²) < 4.78 is 72.0. The highest BCUT2D eigenvalue weighted by Gasteiger charge is 2.44. The molecule has 0 saturated heterocycles. The third-order valence-corrected chi connectivity index (χ3v) is 7.07. The van der Waals surface area contributed by atoms with Crippen molar-refractivity contribution in [2.45, 2.75) is 44.6 Å². The van der Waals surface area contributed by atoms with Crippen molar-refractivity contribution in [2.24, 2.45) is 0 Å². The molecule has 0 bridgehead atoms. The Hall–Kier alpha value is -4.10. The van der Waals surface area contributed by atoms with Crippen molar-refractivity contribution in [2.75, 3.05) is 21.3 Å². The molecule has 2 atom stereocenters. The minimum atomic E-state index is -4.83. The van der Waals surface area contributed by atoms with Crippen molar-refractivity contribution in [3.8, 4) is 17.2 Å². The van der Waals surface area contributed by atoms with Gasteiger partial charge in [0, 0.05) is 22.6 Å². The molecule has 0 fully saturated rings. The molecule has 42 heavy (non-hydrogen) atoms. The molecule has 0 unspecified atom stereocenters. The first-order valence-corrected chi connectivity index (χ1v) is 13.1. The van der Waals surface area contributed by atoms with Crippen LogP contribution in [-0.2, 0) is 33.3 Å². The second kappa shape index (κ2) is 11.6. The van der Waals surface area contributed by atoms with E-state index in [-0.39, 0.29) is 41.7 Å². The van der Waals surface area contributed by atoms with E-state index in [9.17, 15) is 18.0 Å². The third-order valence-electron chi connectivity index (χ3n) is 6.84. The Morgan fingerprint density at radius 3 is 2.57 bits per heavy atom. The molecule has 5 rings (SSSR count). The van der Waals surface area contributed by atoms with E-state index in [0.717, 1.165) is 4.57 Å². The number of aromatic nitrogens is 4. The van der Waals surface area contributed by atoms with Crippen molar-refractivity contribution in [1.82, 2.24) is 19.7 Å². The summed E-state index contributed by atoms with van der Waals surface area (Å²) in [6.45, 7) is 1.71. The van der Waals surface area contributed by atoms with Gasteiger partial charge in [0.2, 0.25) is 5.82 Å². The van der Waals surface area contributed by atoms with Crippen molar-refractivity contribution < 1.29 is 41.3 Å². The van der Waals surface area contributed by atoms with Gasteiger partial charge in [-0.3, -0.25) is 9.36 Å². The van der Waals surface area contributed by atoms with Gasteiger partial charge in [-0.1, -0.05) is 23.7 Å². The zero-order chi connectivity index (χ0) is 30.2. The summed E-state index contributed by atoms with van der Waals surface area (Å²) in [5.41, 5.74) is 1.47. The molecular formula is C28H26ClF3N4O6. The van der Waals surface area contributed by atoms with Gasteiger partial charge < -0.3 is 23.4 Å². The van der Waals surface area contributed by atoms with E-state index in [1.165, 1.54) is 39.5 Å². The van der Waals surface area contributed by atoms with Gasteiger partial charge in [-0.15, -0.1) is 10.2 Å². The van der Waals surface area contributed by atoms with Crippen LogP contribution in [0.15, 0.2) is 40.8 Å². The molecule has 0 amide bonds. The molecule has 10 nitrogen and oxygen atoms in total. The Kier molecular flexibility index (Phi) is 8.15. The SMILES string of the molecule is COC(=O)CCc1oc(C[C@H]2O[C@H](c3cccc(OC)c3OC)c3cc(Cl)ccc3-n3c2nnc3C(F)(F)F)nc1C. The fourth-order valence-corrected chi connectivity index (χ4v) is 5.13. The fourth-order valence-electron chi connectivity index (χ4n) is 4.95. The monoisotopic (exact) mass is 606 g/mol. The highest BCUT2D eigenvalue weighted by Crippen LogP contribution is 2.47. The number of rotatable bonds is 8. The average molecular weight is 607 g/mol. The predicted octanol–water partition coefficient (Wildman–Crippen LogP) is 5.76. The number of oxazole rings is 1. The summed E-state index contributed by atoms with van der Waals surface area (Å²) in [5, 5.41) is 7.71. The lowest BCUT2D eigenvalue weighted by Gasteiger charge is -2.24. The number of halogens is 4. The zero-order valence-electron chi connectivity index (χ0n) is 23.0. The average Bonchev–Trinajstić information content (AvgIpc) is 3.53. The molecule has 4 aromatic rings. The van der Waals surface area contributed by atoms with E-state index in [4.69, 9.17) is 35.0 Å². The van der Waals surface area contributed by atoms with Crippen LogP contribution in [0, 0.1) is 6.92 Å². The number of ether oxygens (including phenoxy) is 4. The molecule has 222 valence electrons. The van der Waals surface area contributed by atoms with Crippen LogP contribution in [0.5, 0.6) is 11.5 Å². The number of para-hydroxylation sites is 1. The van der Waals surface area contributed by atoms with E-state index in [1.807, 2.05) is 0 Å². The minimum absolute atomic E-state index is 0.0724. The molecule has 0 N–H and O–H groups in total. The van der Waals surface area contributed by atoms with Crippen LogP contribution < -0.4 is 9.47 Å². The van der Waals surface area contributed by atoms with Crippen LogP contribution in [-0.4, -0.2) is 47.0 Å². The summed E-state index contributed by atoms with van der Waals surface area (Å²) >= 11 is 6.36. The number of carbonyl (C=O) groups is 1. The van der Waals surface area contributed by atoms with E-state index in [2.05, 4.69) is 15.2 Å². The zero-order valence-corrected chi connectivity index (χ0v) is 23.7. The van der Waals surface area contributed by atoms with E-state index in [0.29, 0.717) is 34.1 Å². The Balaban J connectivity index is 1.67. The molecule has 0 spiro atoms. The summed E-state index contributed by atoms with van der Waals surface area (Å²) in [4.78, 5) is 16.1. The first kappa shape index (κ1) is 29.4. The number of fused-ring (bicyclic) bond motifs is 3. The second-order valence-corrected chi connectivity index (χ2v) is 9.84. The van der Waals surface area contributed by atoms with Crippen LogP contribution in [0.25, 0.3) is 5.69 Å². The quantitative estimate of drug-likeness (QED) is 0.231. The molecule has 3 heterocycles. The lowest BCUT2D eigenvalue weighted by molar-refractivity contribution is -0.146. The number of hydrogen-bond donors (Lipinski definition) is 0. The molecule has 1 aliphatic heterocycles. The number of methoxy groups -OCH3 is 3. The van der Waals surface area contributed by atoms with Crippen LogP contribution in [0.2, 0.25) is 5.02 Å². The fraction of sp³-hybridized carbons (Fsp3) is 0.357. The van der Waals surface area contributed by atoms with Crippen LogP contribution >= 0.6 is 11.6 Å². The molecule has 0 saturated carbocycles. The maximum absolute atomic E-state index is 14.2. The molecule has 0 aliphatic carbocycles. The highest BCUT2D eigenvalue weighted by atomic mass is 35.5. The van der Waals surface area contributed by atoms with Crippen LogP contribution in [0.3, 0.4) is 0 Å². The Labute approximate surface area is 243 Å². The second-order valence-electron chi connectivity index (χ2n) is 9.40. The highest BCUT2D eigenvalue weighted by molar-refractivity contribution is 6.30. The lowest BCUT2D eigenvalue weighted by Crippen LogP contribution is -2.17. The lowest BCUT2D eigenvalue weighted by atomic mass is 9.98. The van der Waals surface area contributed by atoms with Gasteiger partial charge in [0.1, 0.15) is 18.0 Å². The van der Waals surface area contributed by atoms with Crippen molar-refractivity contribution in [3.63, 3.8) is 0 Å². The number of benzene rings is 2. The van der Waals surface area contributed by atoms with Gasteiger partial charge in [-0.05, 0) is 31.2 Å². The van der Waals surface area contributed by atoms with Gasteiger partial charge in [-0.25, -0.2) is 4.98 Å². The van der Waals surface area contributed by atoms with Gasteiger partial charge in [-0.2, -0.15) is 13.2 Å². The van der Waals surface area contributed by atoms with E-state index < -0.39 is 30.2 Å². The Morgan fingerprint density at radius 1 is 1.10 bits per heavy atom. The number of carbonyl (C=O) groups excluding carboxylic acids is 1. The normalized spacial score (nSPS) is 16.4. The van der Waals surface area contributed by atoms with E-state index >= 15 is 0 Å². The standard InChI is InChI=1S/C28H26ClF3N4O6/c1-14-19(10-11-23(37)39-3)41-22(33-14)13-21-26-34-35-27(28(30,31)32)36(26)18-9-8-15(29)12-17(18)24(42-21)16-6-5-7-20(38-2)25(16)40-4/h5-9,12,21,24H,10-11,13H2,1-4H3/t21-,24-/m1/s1. The molecule has 2 aromatic heterocycles. The maximum Gasteiger partial charge on any atom is 0.452 e. The van der Waals surface area contributed by atoms with Crippen molar-refractivity contribution in [3.05, 3.63) is 81.5 Å². The number of esters is 1. The summed E-state index contributed by atoms with van der Waals surface area (Å²) in [5.74, 6) is -0.392. The molecule has 2 aromatic carbocycles. The summed E-state index contributed by atoms with van der Waals surface area (Å²) in [6.07, 6.45) is -6.72. The predicted molar refractivity (Wildman–Crippen MR) is 142 cm³/mol. The summed E-state index contributed by atoms with van der Waals surface area (Å²) in [6, 6.07) is 9.62. The summed E-state index contributed by atoms with van der Waals surface area (Å²) in [7, 11) is 4.22. The van der Waals surface area contributed by atoms with Gasteiger partial charge >= 0.3 is 12.1 Å². The maximum atomic E-state index is 14.2. The molecular weight excluding hydrogens is 581 g/mol. The first-order chi connectivity index (χ1) is 20.0. The van der Waals surface area contributed by atoms with Crippen LogP contribution in [0.1, 0.15) is 58.7 Å². The van der Waals surface area contributed by atoms with E-state index in [1.54, 1.807) is 25.1 Å². The molecule has 1 aliphatic rings. The first-order valence-electron chi connectivity index (χ1n) is 12.8. The molecule has 14 heteroatoms. The smallest absolute Gasteiger partial charge is 0.452 e. The third kappa shape index (κ3) is 5.53. The number of aryl methyl sites for hydroxylation is 2. The van der Waals surface area contributed by atoms with Gasteiger partial charge in [0.05, 0.1) is 45.6 Å². The largest absolute Gasteiger partial charge is 0.493 e. The van der Waals surface area contributed by atoms with Gasteiger partial charge in [0.15, 0.2) is 23.2 Å². The Bertz CT molecular complexity index is 1620. The minimum Gasteiger partial charge on any atom is -0.493 e. The van der Waals surface area contributed by atoms with Crippen molar-refractivity contribution >= 4 is 17.6 Å². The number of hydrogen-bond acceptors (Lipinski definition) is 9. The van der Waals surface area contributed by atoms with Crippen LogP contribution in [0.4, 0.5) is 13.2 Å². The number of alkyl halides is 3. The number of nitrogens with zero attached hydrogens (tertiary/aromatic N) is 4. The van der Waals surface area contributed by atoms with Gasteiger partial charge in [0.25, 0.3) is 0 Å².